The molecule has 0 bridgehead atoms. The molecule has 0 atom stereocenters. The highest BCUT2D eigenvalue weighted by molar-refractivity contribution is 5.62. The van der Waals surface area contributed by atoms with E-state index in [1.165, 1.54) is 16.8 Å². The van der Waals surface area contributed by atoms with Crippen LogP contribution in [0.2, 0.25) is 0 Å². The van der Waals surface area contributed by atoms with Crippen molar-refractivity contribution < 1.29 is 0 Å². The van der Waals surface area contributed by atoms with Crippen molar-refractivity contribution in [1.29, 1.82) is 0 Å². The molecular weight excluding hydrogens is 218 g/mol. The second-order valence-corrected chi connectivity index (χ2v) is 6.82. The Hall–Kier alpha value is -0.980. The van der Waals surface area contributed by atoms with Crippen molar-refractivity contribution in [2.24, 2.45) is 0 Å². The largest absolute Gasteiger partial charge is 0.369 e. The van der Waals surface area contributed by atoms with Gasteiger partial charge in [0, 0.05) is 18.3 Å². The number of hydrogen-bond donors (Lipinski definition) is 0. The number of rotatable bonds is 3. The Bertz CT molecular complexity index is 370. The summed E-state index contributed by atoms with van der Waals surface area (Å²) in [5.41, 5.74) is 4.49. The van der Waals surface area contributed by atoms with Gasteiger partial charge in [-0.1, -0.05) is 45.9 Å². The first-order valence-corrected chi connectivity index (χ1v) is 7.03. The third kappa shape index (κ3) is 3.07. The maximum atomic E-state index is 2.43. The van der Waals surface area contributed by atoms with Crippen LogP contribution in [-0.2, 0) is 0 Å². The third-order valence-corrected chi connectivity index (χ3v) is 3.68. The molecule has 0 amide bonds. The number of nitrogens with zero attached hydrogens (tertiary/aromatic N) is 1. The summed E-state index contributed by atoms with van der Waals surface area (Å²) in [6, 6.07) is 6.74. The van der Waals surface area contributed by atoms with Crippen LogP contribution in [0, 0.1) is 0 Å². The molecule has 1 aromatic rings. The lowest BCUT2D eigenvalue weighted by Crippen LogP contribution is -2.39. The van der Waals surface area contributed by atoms with Crippen LogP contribution < -0.4 is 4.90 Å². The molecule has 0 aliphatic rings. The number of benzene rings is 1. The van der Waals surface area contributed by atoms with Gasteiger partial charge >= 0.3 is 0 Å². The summed E-state index contributed by atoms with van der Waals surface area (Å²) in [7, 11) is 2.22. The smallest absolute Gasteiger partial charge is 0.0438 e. The topological polar surface area (TPSA) is 3.24 Å². The zero-order valence-electron chi connectivity index (χ0n) is 13.3. The second-order valence-electron chi connectivity index (χ2n) is 6.82. The Kier molecular flexibility index (Phi) is 4.47. The SMILES string of the molecule is CC(C)c1cccc(C(C)C)c1N(C)C(C)(C)C. The Balaban J connectivity index is 3.45. The van der Waals surface area contributed by atoms with Gasteiger partial charge in [0.05, 0.1) is 0 Å². The van der Waals surface area contributed by atoms with E-state index in [2.05, 4.69) is 78.6 Å². The molecule has 0 heterocycles. The fraction of sp³-hybridized carbons (Fsp3) is 0.647. The van der Waals surface area contributed by atoms with Crippen LogP contribution in [0.15, 0.2) is 18.2 Å². The third-order valence-electron chi connectivity index (χ3n) is 3.68. The Morgan fingerprint density at radius 2 is 1.28 bits per heavy atom. The minimum atomic E-state index is 0.147. The lowest BCUT2D eigenvalue weighted by molar-refractivity contribution is 0.533. The zero-order chi connectivity index (χ0) is 14.1. The van der Waals surface area contributed by atoms with Crippen molar-refractivity contribution in [3.8, 4) is 0 Å². The summed E-state index contributed by atoms with van der Waals surface area (Å²) in [6.45, 7) is 15.9. The Morgan fingerprint density at radius 3 is 1.56 bits per heavy atom. The summed E-state index contributed by atoms with van der Waals surface area (Å²) in [6.07, 6.45) is 0. The molecule has 0 spiro atoms. The van der Waals surface area contributed by atoms with E-state index in [0.717, 1.165) is 0 Å². The molecule has 0 aliphatic heterocycles. The van der Waals surface area contributed by atoms with Gasteiger partial charge in [-0.05, 0) is 43.7 Å². The van der Waals surface area contributed by atoms with Crippen molar-refractivity contribution in [1.82, 2.24) is 0 Å². The standard InChI is InChI=1S/C17H29N/c1-12(2)14-10-9-11-15(13(3)4)16(14)18(8)17(5,6)7/h9-13H,1-8H3. The lowest BCUT2D eigenvalue weighted by atomic mass is 9.90. The van der Waals surface area contributed by atoms with Crippen LogP contribution in [0.5, 0.6) is 0 Å². The van der Waals surface area contributed by atoms with E-state index < -0.39 is 0 Å². The maximum absolute atomic E-state index is 2.43. The molecule has 0 saturated heterocycles. The number of anilines is 1. The van der Waals surface area contributed by atoms with Crippen LogP contribution in [-0.4, -0.2) is 12.6 Å². The van der Waals surface area contributed by atoms with Gasteiger partial charge in [-0.15, -0.1) is 0 Å². The molecule has 18 heavy (non-hydrogen) atoms. The minimum Gasteiger partial charge on any atom is -0.369 e. The number of para-hydroxylation sites is 1. The average molecular weight is 247 g/mol. The molecule has 1 rings (SSSR count). The van der Waals surface area contributed by atoms with Gasteiger partial charge in [0.2, 0.25) is 0 Å². The van der Waals surface area contributed by atoms with Crippen LogP contribution in [0.1, 0.15) is 71.4 Å². The lowest BCUT2D eigenvalue weighted by Gasteiger charge is -2.38. The van der Waals surface area contributed by atoms with E-state index in [-0.39, 0.29) is 5.54 Å². The van der Waals surface area contributed by atoms with Gasteiger partial charge in [0.25, 0.3) is 0 Å². The first kappa shape index (κ1) is 15.1. The van der Waals surface area contributed by atoms with E-state index >= 15 is 0 Å². The molecule has 1 aromatic carbocycles. The number of hydrogen-bond acceptors (Lipinski definition) is 1. The molecular formula is C17H29N. The van der Waals surface area contributed by atoms with Gasteiger partial charge < -0.3 is 4.90 Å². The highest BCUT2D eigenvalue weighted by Crippen LogP contribution is 2.37. The molecule has 1 heteroatoms. The first-order chi connectivity index (χ1) is 8.16. The van der Waals surface area contributed by atoms with E-state index in [0.29, 0.717) is 11.8 Å². The van der Waals surface area contributed by atoms with Gasteiger partial charge in [0.15, 0.2) is 0 Å². The molecule has 0 N–H and O–H groups in total. The Morgan fingerprint density at radius 1 is 0.889 bits per heavy atom. The highest BCUT2D eigenvalue weighted by Gasteiger charge is 2.24. The molecule has 0 aliphatic carbocycles. The summed E-state index contributed by atoms with van der Waals surface area (Å²) in [4.78, 5) is 2.43. The first-order valence-electron chi connectivity index (χ1n) is 7.03. The van der Waals surface area contributed by atoms with Crippen LogP contribution >= 0.6 is 0 Å². The quantitative estimate of drug-likeness (QED) is 0.712. The van der Waals surface area contributed by atoms with Gasteiger partial charge in [0.1, 0.15) is 0 Å². The second kappa shape index (κ2) is 5.34. The molecule has 0 aromatic heterocycles. The van der Waals surface area contributed by atoms with Crippen LogP contribution in [0.3, 0.4) is 0 Å². The van der Waals surface area contributed by atoms with Crippen LogP contribution in [0.25, 0.3) is 0 Å². The highest BCUT2D eigenvalue weighted by atomic mass is 15.2. The predicted molar refractivity (Wildman–Crippen MR) is 82.8 cm³/mol. The normalized spacial score (nSPS) is 12.3. The van der Waals surface area contributed by atoms with Crippen molar-refractivity contribution in [2.75, 3.05) is 11.9 Å². The van der Waals surface area contributed by atoms with Gasteiger partial charge in [-0.2, -0.15) is 0 Å². The van der Waals surface area contributed by atoms with E-state index in [9.17, 15) is 0 Å². The molecule has 102 valence electrons. The van der Waals surface area contributed by atoms with E-state index in [4.69, 9.17) is 0 Å². The monoisotopic (exact) mass is 247 g/mol. The fourth-order valence-electron chi connectivity index (χ4n) is 2.23. The van der Waals surface area contributed by atoms with Crippen molar-refractivity contribution >= 4 is 5.69 Å². The summed E-state index contributed by atoms with van der Waals surface area (Å²) >= 11 is 0. The molecule has 0 saturated carbocycles. The summed E-state index contributed by atoms with van der Waals surface area (Å²) < 4.78 is 0. The molecule has 0 unspecified atom stereocenters. The van der Waals surface area contributed by atoms with Crippen molar-refractivity contribution in [3.05, 3.63) is 29.3 Å². The van der Waals surface area contributed by atoms with Gasteiger partial charge in [-0.25, -0.2) is 0 Å². The fourth-order valence-corrected chi connectivity index (χ4v) is 2.23. The average Bonchev–Trinajstić information content (AvgIpc) is 2.25. The zero-order valence-corrected chi connectivity index (χ0v) is 13.3. The van der Waals surface area contributed by atoms with E-state index in [1.54, 1.807) is 0 Å². The van der Waals surface area contributed by atoms with Gasteiger partial charge in [-0.3, -0.25) is 0 Å². The predicted octanol–water partition coefficient (Wildman–Crippen LogP) is 5.17. The summed E-state index contributed by atoms with van der Waals surface area (Å²) in [5, 5.41) is 0. The van der Waals surface area contributed by atoms with Crippen LogP contribution in [0.4, 0.5) is 5.69 Å². The van der Waals surface area contributed by atoms with Crippen molar-refractivity contribution in [3.63, 3.8) is 0 Å². The summed E-state index contributed by atoms with van der Waals surface area (Å²) in [5.74, 6) is 1.12. The van der Waals surface area contributed by atoms with Crippen molar-refractivity contribution in [2.45, 2.75) is 65.8 Å². The minimum absolute atomic E-state index is 0.147. The molecule has 0 radical (unpaired) electrons. The molecule has 0 fully saturated rings. The Labute approximate surface area is 113 Å². The van der Waals surface area contributed by atoms with E-state index in [1.807, 2.05) is 0 Å². The molecule has 1 nitrogen and oxygen atoms in total. The maximum Gasteiger partial charge on any atom is 0.0438 e.